The lowest BCUT2D eigenvalue weighted by Gasteiger charge is -2.03. The van der Waals surface area contributed by atoms with Crippen LogP contribution in [0.25, 0.3) is 11.4 Å². The Kier molecular flexibility index (Phi) is 4.07. The van der Waals surface area contributed by atoms with Crippen LogP contribution >= 0.6 is 27.5 Å². The maximum absolute atomic E-state index is 5.90. The van der Waals surface area contributed by atoms with E-state index in [1.54, 1.807) is 0 Å². The molecule has 2 aromatic rings. The second kappa shape index (κ2) is 5.56. The first-order chi connectivity index (χ1) is 8.19. The van der Waals surface area contributed by atoms with Crippen molar-refractivity contribution in [3.8, 4) is 11.4 Å². The number of halogens is 2. The summed E-state index contributed by atoms with van der Waals surface area (Å²) in [5, 5.41) is 0.249. The Morgan fingerprint density at radius 1 is 1.24 bits per heavy atom. The SMILES string of the molecule is CCCc1nc(Cl)nc(-c2cccc(Br)c2)n1. The van der Waals surface area contributed by atoms with Crippen LogP contribution in [-0.2, 0) is 6.42 Å². The molecule has 5 heteroatoms. The minimum Gasteiger partial charge on any atom is -0.213 e. The van der Waals surface area contributed by atoms with Gasteiger partial charge in [-0.15, -0.1) is 0 Å². The van der Waals surface area contributed by atoms with Gasteiger partial charge < -0.3 is 0 Å². The Bertz CT molecular complexity index is 531. The first-order valence-electron chi connectivity index (χ1n) is 5.35. The third-order valence-corrected chi connectivity index (χ3v) is 2.87. The van der Waals surface area contributed by atoms with Crippen LogP contribution < -0.4 is 0 Å². The summed E-state index contributed by atoms with van der Waals surface area (Å²) in [4.78, 5) is 12.7. The molecule has 0 bridgehead atoms. The molecule has 17 heavy (non-hydrogen) atoms. The highest BCUT2D eigenvalue weighted by molar-refractivity contribution is 9.10. The summed E-state index contributed by atoms with van der Waals surface area (Å²) in [7, 11) is 0. The number of benzene rings is 1. The molecule has 0 fully saturated rings. The van der Waals surface area contributed by atoms with Crippen molar-refractivity contribution in [2.75, 3.05) is 0 Å². The van der Waals surface area contributed by atoms with E-state index < -0.39 is 0 Å². The summed E-state index contributed by atoms with van der Waals surface area (Å²) in [6, 6.07) is 7.81. The molecule has 0 spiro atoms. The molecule has 88 valence electrons. The number of hydrogen-bond donors (Lipinski definition) is 0. The third kappa shape index (κ3) is 3.23. The van der Waals surface area contributed by atoms with Crippen LogP contribution in [0.3, 0.4) is 0 Å². The molecule has 0 unspecified atom stereocenters. The van der Waals surface area contributed by atoms with Crippen molar-refractivity contribution in [1.82, 2.24) is 15.0 Å². The zero-order valence-corrected chi connectivity index (χ0v) is 11.7. The second-order valence-corrected chi connectivity index (χ2v) is 4.86. The van der Waals surface area contributed by atoms with E-state index in [-0.39, 0.29) is 5.28 Å². The van der Waals surface area contributed by atoms with Gasteiger partial charge in [0.15, 0.2) is 5.82 Å². The van der Waals surface area contributed by atoms with Crippen molar-refractivity contribution < 1.29 is 0 Å². The van der Waals surface area contributed by atoms with Crippen LogP contribution in [0.4, 0.5) is 0 Å². The summed E-state index contributed by atoms with van der Waals surface area (Å²) in [6.45, 7) is 2.08. The van der Waals surface area contributed by atoms with Crippen LogP contribution in [0.5, 0.6) is 0 Å². The molecule has 0 N–H and O–H groups in total. The molecule has 0 aliphatic carbocycles. The molecule has 3 nitrogen and oxygen atoms in total. The van der Waals surface area contributed by atoms with Crippen LogP contribution in [0.15, 0.2) is 28.7 Å². The molecule has 1 heterocycles. The minimum absolute atomic E-state index is 0.249. The van der Waals surface area contributed by atoms with Gasteiger partial charge in [0.05, 0.1) is 0 Å². The average Bonchev–Trinajstić information content (AvgIpc) is 2.28. The zero-order chi connectivity index (χ0) is 12.3. The number of aryl methyl sites for hydroxylation is 1. The van der Waals surface area contributed by atoms with Gasteiger partial charge in [0.1, 0.15) is 5.82 Å². The Hall–Kier alpha value is -1.00. The molecule has 1 aromatic carbocycles. The topological polar surface area (TPSA) is 38.7 Å². The van der Waals surface area contributed by atoms with E-state index in [4.69, 9.17) is 11.6 Å². The van der Waals surface area contributed by atoms with Gasteiger partial charge >= 0.3 is 0 Å². The molecule has 0 radical (unpaired) electrons. The van der Waals surface area contributed by atoms with Crippen molar-refractivity contribution in [1.29, 1.82) is 0 Å². The van der Waals surface area contributed by atoms with E-state index in [1.807, 2.05) is 24.3 Å². The molecule has 0 saturated heterocycles. The molecule has 0 aliphatic rings. The van der Waals surface area contributed by atoms with Crippen molar-refractivity contribution in [3.05, 3.63) is 39.8 Å². The third-order valence-electron chi connectivity index (χ3n) is 2.21. The van der Waals surface area contributed by atoms with Gasteiger partial charge in [0.25, 0.3) is 0 Å². The Morgan fingerprint density at radius 2 is 2.06 bits per heavy atom. The van der Waals surface area contributed by atoms with E-state index in [9.17, 15) is 0 Å². The number of nitrogens with zero attached hydrogens (tertiary/aromatic N) is 3. The normalized spacial score (nSPS) is 10.5. The maximum Gasteiger partial charge on any atom is 0.226 e. The van der Waals surface area contributed by atoms with Gasteiger partial charge in [0, 0.05) is 16.5 Å². The molecule has 0 aliphatic heterocycles. The average molecular weight is 313 g/mol. The molecule has 0 amide bonds. The maximum atomic E-state index is 5.90. The van der Waals surface area contributed by atoms with E-state index in [1.165, 1.54) is 0 Å². The van der Waals surface area contributed by atoms with Gasteiger partial charge in [-0.1, -0.05) is 35.0 Å². The highest BCUT2D eigenvalue weighted by atomic mass is 79.9. The lowest BCUT2D eigenvalue weighted by molar-refractivity contribution is 0.820. The van der Waals surface area contributed by atoms with Crippen LogP contribution in [0.2, 0.25) is 5.28 Å². The first-order valence-corrected chi connectivity index (χ1v) is 6.52. The lowest BCUT2D eigenvalue weighted by Crippen LogP contribution is -2.00. The standard InChI is InChI=1S/C12H11BrClN3/c1-2-4-10-15-11(17-12(14)16-10)8-5-3-6-9(13)7-8/h3,5-7H,2,4H2,1H3. The van der Waals surface area contributed by atoms with E-state index in [2.05, 4.69) is 37.8 Å². The van der Waals surface area contributed by atoms with Crippen LogP contribution in [-0.4, -0.2) is 15.0 Å². The predicted molar refractivity (Wildman–Crippen MR) is 72.0 cm³/mol. The van der Waals surface area contributed by atoms with Gasteiger partial charge in [0.2, 0.25) is 5.28 Å². The summed E-state index contributed by atoms with van der Waals surface area (Å²) in [6.07, 6.45) is 1.79. The van der Waals surface area contributed by atoms with E-state index in [0.29, 0.717) is 5.82 Å². The lowest BCUT2D eigenvalue weighted by atomic mass is 10.2. The fraction of sp³-hybridized carbons (Fsp3) is 0.250. The molecular formula is C12H11BrClN3. The highest BCUT2D eigenvalue weighted by Crippen LogP contribution is 2.20. The van der Waals surface area contributed by atoms with Gasteiger partial charge in [-0.2, -0.15) is 4.98 Å². The van der Waals surface area contributed by atoms with Gasteiger partial charge in [-0.25, -0.2) is 9.97 Å². The molecular weight excluding hydrogens is 302 g/mol. The van der Waals surface area contributed by atoms with Crippen molar-refractivity contribution >= 4 is 27.5 Å². The number of aromatic nitrogens is 3. The molecule has 1 aromatic heterocycles. The van der Waals surface area contributed by atoms with Crippen molar-refractivity contribution in [3.63, 3.8) is 0 Å². The fourth-order valence-electron chi connectivity index (χ4n) is 1.48. The van der Waals surface area contributed by atoms with Crippen molar-refractivity contribution in [2.45, 2.75) is 19.8 Å². The zero-order valence-electron chi connectivity index (χ0n) is 9.32. The van der Waals surface area contributed by atoms with Gasteiger partial charge in [-0.3, -0.25) is 0 Å². The molecule has 0 saturated carbocycles. The first kappa shape index (κ1) is 12.5. The quantitative estimate of drug-likeness (QED) is 0.862. The monoisotopic (exact) mass is 311 g/mol. The molecule has 0 atom stereocenters. The second-order valence-electron chi connectivity index (χ2n) is 3.60. The Morgan fingerprint density at radius 3 is 2.76 bits per heavy atom. The van der Waals surface area contributed by atoms with Crippen LogP contribution in [0, 0.1) is 0 Å². The Labute approximate surface area is 113 Å². The highest BCUT2D eigenvalue weighted by Gasteiger charge is 2.07. The largest absolute Gasteiger partial charge is 0.226 e. The smallest absolute Gasteiger partial charge is 0.213 e. The summed E-state index contributed by atoms with van der Waals surface area (Å²) in [5.74, 6) is 1.36. The Balaban J connectivity index is 2.44. The van der Waals surface area contributed by atoms with Gasteiger partial charge in [-0.05, 0) is 30.2 Å². The summed E-state index contributed by atoms with van der Waals surface area (Å²) < 4.78 is 0.989. The summed E-state index contributed by atoms with van der Waals surface area (Å²) >= 11 is 9.32. The van der Waals surface area contributed by atoms with Crippen LogP contribution in [0.1, 0.15) is 19.2 Å². The van der Waals surface area contributed by atoms with E-state index in [0.717, 1.165) is 28.7 Å². The fourth-order valence-corrected chi connectivity index (χ4v) is 2.06. The molecule has 2 rings (SSSR count). The summed E-state index contributed by atoms with van der Waals surface area (Å²) in [5.41, 5.74) is 0.932. The predicted octanol–water partition coefficient (Wildman–Crippen LogP) is 3.91. The minimum atomic E-state index is 0.249. The number of rotatable bonds is 3. The number of hydrogen-bond acceptors (Lipinski definition) is 3. The van der Waals surface area contributed by atoms with Crippen molar-refractivity contribution in [2.24, 2.45) is 0 Å². The van der Waals surface area contributed by atoms with E-state index >= 15 is 0 Å².